The Balaban J connectivity index is 1.82. The highest BCUT2D eigenvalue weighted by Gasteiger charge is 2.44. The normalized spacial score (nSPS) is 18.2. The average Bonchev–Trinajstić information content (AvgIpc) is 3.26. The third-order valence-electron chi connectivity index (χ3n) is 5.50. The van der Waals surface area contributed by atoms with Crippen LogP contribution >= 0.6 is 22.9 Å². The number of carbonyl (C=O) groups is 2. The number of anilines is 1. The van der Waals surface area contributed by atoms with Gasteiger partial charge in [0.1, 0.15) is 0 Å². The number of thiophene rings is 1. The van der Waals surface area contributed by atoms with Gasteiger partial charge in [0.25, 0.3) is 5.91 Å². The van der Waals surface area contributed by atoms with Gasteiger partial charge in [0.15, 0.2) is 0 Å². The van der Waals surface area contributed by atoms with Crippen molar-refractivity contribution in [2.24, 2.45) is 5.92 Å². The minimum atomic E-state index is -0.538. The molecule has 2 amide bonds. The van der Waals surface area contributed by atoms with Crippen LogP contribution in [0.15, 0.2) is 60.0 Å². The second-order valence-corrected chi connectivity index (χ2v) is 9.74. The molecule has 0 unspecified atom stereocenters. The van der Waals surface area contributed by atoms with Crippen molar-refractivity contribution in [1.29, 1.82) is 0 Å². The molecule has 160 valence electrons. The summed E-state index contributed by atoms with van der Waals surface area (Å²) < 4.78 is 0. The lowest BCUT2D eigenvalue weighted by Gasteiger charge is -2.42. The maximum Gasteiger partial charge on any atom is 0.254 e. The first-order valence-corrected chi connectivity index (χ1v) is 11.6. The summed E-state index contributed by atoms with van der Waals surface area (Å²) in [7, 11) is 0. The van der Waals surface area contributed by atoms with E-state index >= 15 is 0 Å². The molecule has 0 saturated carbocycles. The lowest BCUT2D eigenvalue weighted by Crippen LogP contribution is -2.47. The van der Waals surface area contributed by atoms with Crippen molar-refractivity contribution in [3.63, 3.8) is 0 Å². The van der Waals surface area contributed by atoms with Crippen molar-refractivity contribution in [2.75, 3.05) is 11.9 Å². The third kappa shape index (κ3) is 4.25. The SMILES string of the molecule is Cc1ccc(NC(=O)[C@@H]2c3ccccc3C(=O)N(CC(C)C)[C@@H]2c2cccs2)c(Cl)c1. The maximum atomic E-state index is 13.7. The number of amides is 2. The smallest absolute Gasteiger partial charge is 0.254 e. The van der Waals surface area contributed by atoms with Gasteiger partial charge in [0.05, 0.1) is 22.7 Å². The molecule has 1 aromatic heterocycles. The van der Waals surface area contributed by atoms with Crippen molar-refractivity contribution >= 4 is 40.4 Å². The standard InChI is InChI=1S/C25H25ClN2O2S/c1-15(2)14-28-23(21-9-6-12-31-21)22(17-7-4-5-8-18(17)25(28)30)24(29)27-20-11-10-16(3)13-19(20)26/h4-13,15,22-23H,14H2,1-3H3,(H,27,29)/t22-,23-/m1/s1. The van der Waals surface area contributed by atoms with E-state index < -0.39 is 5.92 Å². The average molecular weight is 453 g/mol. The van der Waals surface area contributed by atoms with Crippen molar-refractivity contribution in [1.82, 2.24) is 4.90 Å². The van der Waals surface area contributed by atoms with Gasteiger partial charge < -0.3 is 10.2 Å². The Hall–Kier alpha value is -2.63. The molecule has 0 fully saturated rings. The van der Waals surface area contributed by atoms with Crippen LogP contribution in [0, 0.1) is 12.8 Å². The number of nitrogens with zero attached hydrogens (tertiary/aromatic N) is 1. The second kappa shape index (κ2) is 8.85. The number of rotatable bonds is 5. The first-order valence-electron chi connectivity index (χ1n) is 10.4. The fourth-order valence-electron chi connectivity index (χ4n) is 4.18. The van der Waals surface area contributed by atoms with Crippen LogP contribution in [-0.4, -0.2) is 23.3 Å². The summed E-state index contributed by atoms with van der Waals surface area (Å²) in [4.78, 5) is 30.0. The molecule has 6 heteroatoms. The van der Waals surface area contributed by atoms with E-state index in [1.54, 1.807) is 11.3 Å². The molecule has 0 radical (unpaired) electrons. The molecule has 2 aromatic carbocycles. The molecule has 31 heavy (non-hydrogen) atoms. The van der Waals surface area contributed by atoms with Gasteiger partial charge in [0.2, 0.25) is 5.91 Å². The van der Waals surface area contributed by atoms with Gasteiger partial charge in [-0.05, 0) is 53.6 Å². The number of benzene rings is 2. The quantitative estimate of drug-likeness (QED) is 0.494. The molecule has 3 aromatic rings. The van der Waals surface area contributed by atoms with E-state index in [0.29, 0.717) is 22.8 Å². The van der Waals surface area contributed by atoms with Gasteiger partial charge in [-0.15, -0.1) is 11.3 Å². The van der Waals surface area contributed by atoms with Crippen LogP contribution in [-0.2, 0) is 4.79 Å². The van der Waals surface area contributed by atoms with E-state index in [-0.39, 0.29) is 23.8 Å². The van der Waals surface area contributed by atoms with Crippen LogP contribution in [0.4, 0.5) is 5.69 Å². The van der Waals surface area contributed by atoms with E-state index in [0.717, 1.165) is 16.0 Å². The van der Waals surface area contributed by atoms with E-state index in [1.165, 1.54) is 0 Å². The number of carbonyl (C=O) groups excluding carboxylic acids is 2. The molecular weight excluding hydrogens is 428 g/mol. The molecule has 0 aliphatic carbocycles. The topological polar surface area (TPSA) is 49.4 Å². The Kier molecular flexibility index (Phi) is 6.17. The fourth-order valence-corrected chi connectivity index (χ4v) is 5.33. The molecule has 1 N–H and O–H groups in total. The number of nitrogens with one attached hydrogen (secondary N) is 1. The van der Waals surface area contributed by atoms with Crippen molar-refractivity contribution in [3.8, 4) is 0 Å². The van der Waals surface area contributed by atoms with Gasteiger partial charge in [-0.1, -0.05) is 55.8 Å². The molecule has 4 nitrogen and oxygen atoms in total. The number of hydrogen-bond acceptors (Lipinski definition) is 3. The van der Waals surface area contributed by atoms with Crippen LogP contribution in [0.2, 0.25) is 5.02 Å². The van der Waals surface area contributed by atoms with Gasteiger partial charge in [-0.2, -0.15) is 0 Å². The van der Waals surface area contributed by atoms with Crippen molar-refractivity contribution in [2.45, 2.75) is 32.7 Å². The molecule has 1 aliphatic heterocycles. The zero-order valence-corrected chi connectivity index (χ0v) is 19.3. The fraction of sp³-hybridized carbons (Fsp3) is 0.280. The number of hydrogen-bond donors (Lipinski definition) is 1. The summed E-state index contributed by atoms with van der Waals surface area (Å²) in [5.74, 6) is -0.464. The summed E-state index contributed by atoms with van der Waals surface area (Å²) in [5.41, 5.74) is 2.95. The summed E-state index contributed by atoms with van der Waals surface area (Å²) in [5, 5.41) is 5.51. The van der Waals surface area contributed by atoms with E-state index in [4.69, 9.17) is 11.6 Å². The molecule has 0 saturated heterocycles. The van der Waals surface area contributed by atoms with Gasteiger partial charge in [-0.25, -0.2) is 0 Å². The van der Waals surface area contributed by atoms with Crippen LogP contribution in [0.1, 0.15) is 52.2 Å². The summed E-state index contributed by atoms with van der Waals surface area (Å²) in [6.45, 7) is 6.70. The van der Waals surface area contributed by atoms with Gasteiger partial charge in [0, 0.05) is 17.0 Å². The molecule has 0 bridgehead atoms. The summed E-state index contributed by atoms with van der Waals surface area (Å²) in [6, 6.07) is 16.6. The van der Waals surface area contributed by atoms with Gasteiger partial charge >= 0.3 is 0 Å². The highest BCUT2D eigenvalue weighted by Crippen LogP contribution is 2.45. The third-order valence-corrected chi connectivity index (χ3v) is 6.76. The predicted octanol–water partition coefficient (Wildman–Crippen LogP) is 6.29. The number of aryl methyl sites for hydroxylation is 1. The Morgan fingerprint density at radius 2 is 1.94 bits per heavy atom. The van der Waals surface area contributed by atoms with E-state index in [1.807, 2.05) is 71.8 Å². The molecular formula is C25H25ClN2O2S. The summed E-state index contributed by atoms with van der Waals surface area (Å²) in [6.07, 6.45) is 0. The van der Waals surface area contributed by atoms with Crippen LogP contribution < -0.4 is 5.32 Å². The van der Waals surface area contributed by atoms with E-state index in [2.05, 4.69) is 19.2 Å². The van der Waals surface area contributed by atoms with Gasteiger partial charge in [-0.3, -0.25) is 9.59 Å². The highest BCUT2D eigenvalue weighted by molar-refractivity contribution is 7.10. The Morgan fingerprint density at radius 1 is 1.16 bits per heavy atom. The molecule has 1 aliphatic rings. The van der Waals surface area contributed by atoms with Crippen LogP contribution in [0.3, 0.4) is 0 Å². The minimum absolute atomic E-state index is 0.0277. The Labute approximate surface area is 191 Å². The Morgan fingerprint density at radius 3 is 2.61 bits per heavy atom. The first kappa shape index (κ1) is 21.6. The lowest BCUT2D eigenvalue weighted by atomic mass is 9.81. The highest BCUT2D eigenvalue weighted by atomic mass is 35.5. The predicted molar refractivity (Wildman–Crippen MR) is 127 cm³/mol. The van der Waals surface area contributed by atoms with Crippen LogP contribution in [0.5, 0.6) is 0 Å². The second-order valence-electron chi connectivity index (χ2n) is 8.35. The van der Waals surface area contributed by atoms with E-state index in [9.17, 15) is 9.59 Å². The summed E-state index contributed by atoms with van der Waals surface area (Å²) >= 11 is 7.96. The van der Waals surface area contributed by atoms with Crippen LogP contribution in [0.25, 0.3) is 0 Å². The lowest BCUT2D eigenvalue weighted by molar-refractivity contribution is -0.119. The zero-order chi connectivity index (χ0) is 22.1. The van der Waals surface area contributed by atoms with Crippen molar-refractivity contribution in [3.05, 3.63) is 86.6 Å². The molecule has 4 rings (SSSR count). The number of halogens is 1. The molecule has 0 spiro atoms. The number of fused-ring (bicyclic) bond motifs is 1. The monoisotopic (exact) mass is 452 g/mol. The molecule has 2 heterocycles. The molecule has 2 atom stereocenters. The Bertz CT molecular complexity index is 1110. The van der Waals surface area contributed by atoms with Crippen molar-refractivity contribution < 1.29 is 9.59 Å². The minimum Gasteiger partial charge on any atom is -0.329 e. The maximum absolute atomic E-state index is 13.7. The zero-order valence-electron chi connectivity index (χ0n) is 17.8. The largest absolute Gasteiger partial charge is 0.329 e. The first-order chi connectivity index (χ1) is 14.9.